The van der Waals surface area contributed by atoms with Crippen molar-refractivity contribution in [3.63, 3.8) is 0 Å². The first-order valence-corrected chi connectivity index (χ1v) is 7.52. The number of ether oxygens (including phenoxy) is 1. The van der Waals surface area contributed by atoms with E-state index in [1.807, 2.05) is 0 Å². The Bertz CT molecular complexity index is 554. The topological polar surface area (TPSA) is 87.3 Å². The van der Waals surface area contributed by atoms with E-state index in [1.165, 1.54) is 12.1 Å². The molecule has 1 fully saturated rings. The predicted octanol–water partition coefficient (Wildman–Crippen LogP) is 0.388. The molecule has 7 nitrogen and oxygen atoms in total. The van der Waals surface area contributed by atoms with Gasteiger partial charge in [-0.1, -0.05) is 0 Å². The van der Waals surface area contributed by atoms with E-state index in [0.717, 1.165) is 13.1 Å². The number of carbonyl (C=O) groups excluding carboxylic acids is 1. The quantitative estimate of drug-likeness (QED) is 0.840. The van der Waals surface area contributed by atoms with E-state index < -0.39 is 0 Å². The van der Waals surface area contributed by atoms with E-state index in [2.05, 4.69) is 48.1 Å². The number of nitrogens with one attached hydrogen (secondary N) is 2. The maximum Gasteiger partial charge on any atom is 0.271 e. The van der Waals surface area contributed by atoms with Crippen molar-refractivity contribution < 1.29 is 9.53 Å². The molecule has 2 heterocycles. The van der Waals surface area contributed by atoms with Gasteiger partial charge in [0.25, 0.3) is 11.5 Å². The number of hydrogen-bond acceptors (Lipinski definition) is 5. The minimum absolute atomic E-state index is 0.180. The van der Waals surface area contributed by atoms with Crippen LogP contribution >= 0.6 is 0 Å². The number of nitrogens with zero attached hydrogens (tertiary/aromatic N) is 2. The molecule has 22 heavy (non-hydrogen) atoms. The van der Waals surface area contributed by atoms with Crippen LogP contribution in [0.5, 0.6) is 0 Å². The molecular formula is C15H24N4O3. The first-order valence-electron chi connectivity index (χ1n) is 7.52. The van der Waals surface area contributed by atoms with E-state index in [1.54, 1.807) is 0 Å². The van der Waals surface area contributed by atoms with E-state index in [4.69, 9.17) is 4.74 Å². The molecule has 1 aliphatic heterocycles. The standard InChI is InChI=1S/C15H24N4O3/c1-10-7-19(8-11(2)22-10)15(3,4)9-16-14(21)12-5-6-13(20)18-17-12/h5-6,10-11H,7-9H2,1-4H3,(H,16,21)(H,18,20)/t10-,11+. The normalized spacial score (nSPS) is 23.3. The van der Waals surface area contributed by atoms with Crippen LogP contribution in [0.1, 0.15) is 38.2 Å². The summed E-state index contributed by atoms with van der Waals surface area (Å²) < 4.78 is 5.74. The smallest absolute Gasteiger partial charge is 0.271 e. The molecule has 0 unspecified atom stereocenters. The fourth-order valence-electron chi connectivity index (χ4n) is 2.64. The van der Waals surface area contributed by atoms with Crippen LogP contribution < -0.4 is 10.9 Å². The summed E-state index contributed by atoms with van der Waals surface area (Å²) in [5.74, 6) is -0.293. The van der Waals surface area contributed by atoms with Crippen LogP contribution in [-0.4, -0.2) is 58.4 Å². The Morgan fingerprint density at radius 1 is 1.41 bits per heavy atom. The van der Waals surface area contributed by atoms with Crippen molar-refractivity contribution in [2.45, 2.75) is 45.4 Å². The molecule has 2 atom stereocenters. The molecule has 2 N–H and O–H groups in total. The van der Waals surface area contributed by atoms with Crippen molar-refractivity contribution >= 4 is 5.91 Å². The van der Waals surface area contributed by atoms with Gasteiger partial charge in [0.15, 0.2) is 0 Å². The van der Waals surface area contributed by atoms with Crippen molar-refractivity contribution in [3.05, 3.63) is 28.2 Å². The van der Waals surface area contributed by atoms with Gasteiger partial charge in [0.05, 0.1) is 12.2 Å². The monoisotopic (exact) mass is 308 g/mol. The fourth-order valence-corrected chi connectivity index (χ4v) is 2.64. The number of aromatic amines is 1. The van der Waals surface area contributed by atoms with Gasteiger partial charge in [-0.05, 0) is 33.8 Å². The van der Waals surface area contributed by atoms with Gasteiger partial charge in [-0.3, -0.25) is 14.5 Å². The molecule has 0 saturated carbocycles. The molecule has 2 rings (SSSR count). The second kappa shape index (κ2) is 6.58. The second-order valence-electron chi connectivity index (χ2n) is 6.46. The van der Waals surface area contributed by atoms with E-state index in [9.17, 15) is 9.59 Å². The summed E-state index contributed by atoms with van der Waals surface area (Å²) in [4.78, 5) is 25.4. The predicted molar refractivity (Wildman–Crippen MR) is 82.9 cm³/mol. The van der Waals surface area contributed by atoms with Crippen LogP contribution in [0.25, 0.3) is 0 Å². The number of hydrogen-bond donors (Lipinski definition) is 2. The molecule has 1 amide bonds. The molecule has 1 aliphatic rings. The van der Waals surface area contributed by atoms with Gasteiger partial charge >= 0.3 is 0 Å². The highest BCUT2D eigenvalue weighted by atomic mass is 16.5. The average molecular weight is 308 g/mol. The number of morpholine rings is 1. The van der Waals surface area contributed by atoms with E-state index >= 15 is 0 Å². The number of amides is 1. The zero-order chi connectivity index (χ0) is 16.3. The molecule has 1 aromatic rings. The molecule has 1 aromatic heterocycles. The van der Waals surface area contributed by atoms with Crippen molar-refractivity contribution in [2.75, 3.05) is 19.6 Å². The van der Waals surface area contributed by atoms with Crippen LogP contribution in [0.15, 0.2) is 16.9 Å². The Balaban J connectivity index is 1.95. The fraction of sp³-hybridized carbons (Fsp3) is 0.667. The highest BCUT2D eigenvalue weighted by molar-refractivity contribution is 5.92. The minimum atomic E-state index is -0.326. The Labute approximate surface area is 130 Å². The SMILES string of the molecule is C[C@@H]1CN(C(C)(C)CNC(=O)c2ccc(=O)[nH]n2)C[C@H](C)O1. The Morgan fingerprint density at radius 3 is 2.59 bits per heavy atom. The Morgan fingerprint density at radius 2 is 2.05 bits per heavy atom. The van der Waals surface area contributed by atoms with Crippen molar-refractivity contribution in [3.8, 4) is 0 Å². The van der Waals surface area contributed by atoms with Crippen molar-refractivity contribution in [2.24, 2.45) is 0 Å². The first-order chi connectivity index (χ1) is 10.3. The lowest BCUT2D eigenvalue weighted by Gasteiger charge is -2.45. The lowest BCUT2D eigenvalue weighted by atomic mass is 10.00. The van der Waals surface area contributed by atoms with E-state index in [-0.39, 0.29) is 34.9 Å². The van der Waals surface area contributed by atoms with Crippen LogP contribution in [0.4, 0.5) is 0 Å². The summed E-state index contributed by atoms with van der Waals surface area (Å²) in [6.45, 7) is 10.5. The van der Waals surface area contributed by atoms with E-state index in [0.29, 0.717) is 6.54 Å². The third kappa shape index (κ3) is 4.14. The summed E-state index contributed by atoms with van der Waals surface area (Å²) in [7, 11) is 0. The summed E-state index contributed by atoms with van der Waals surface area (Å²) in [6.07, 6.45) is 0.360. The van der Waals surface area contributed by atoms with Crippen molar-refractivity contribution in [1.29, 1.82) is 0 Å². The number of carbonyl (C=O) groups is 1. The highest BCUT2D eigenvalue weighted by Gasteiger charge is 2.33. The maximum atomic E-state index is 12.1. The molecular weight excluding hydrogens is 284 g/mol. The molecule has 1 saturated heterocycles. The van der Waals surface area contributed by atoms with Crippen LogP contribution in [0.3, 0.4) is 0 Å². The molecule has 0 spiro atoms. The molecule has 0 aromatic carbocycles. The van der Waals surface area contributed by atoms with Crippen LogP contribution in [0.2, 0.25) is 0 Å². The van der Waals surface area contributed by atoms with Gasteiger partial charge in [0, 0.05) is 31.2 Å². The number of aromatic nitrogens is 2. The van der Waals surface area contributed by atoms with Crippen LogP contribution in [-0.2, 0) is 4.74 Å². The van der Waals surface area contributed by atoms with Gasteiger partial charge in [-0.2, -0.15) is 5.10 Å². The Kier molecular flexibility index (Phi) is 4.97. The molecule has 7 heteroatoms. The lowest BCUT2D eigenvalue weighted by molar-refractivity contribution is -0.0948. The van der Waals surface area contributed by atoms with Gasteiger partial charge in [-0.25, -0.2) is 5.10 Å². The minimum Gasteiger partial charge on any atom is -0.373 e. The molecule has 0 radical (unpaired) electrons. The Hall–Kier alpha value is -1.73. The van der Waals surface area contributed by atoms with Crippen LogP contribution in [0, 0.1) is 0 Å². The third-order valence-electron chi connectivity index (χ3n) is 3.87. The van der Waals surface area contributed by atoms with Gasteiger partial charge in [0.2, 0.25) is 0 Å². The second-order valence-corrected chi connectivity index (χ2v) is 6.46. The highest BCUT2D eigenvalue weighted by Crippen LogP contribution is 2.20. The zero-order valence-electron chi connectivity index (χ0n) is 13.5. The first kappa shape index (κ1) is 16.6. The average Bonchev–Trinajstić information content (AvgIpc) is 2.44. The van der Waals surface area contributed by atoms with Gasteiger partial charge in [-0.15, -0.1) is 0 Å². The number of H-pyrrole nitrogens is 1. The summed E-state index contributed by atoms with van der Waals surface area (Å²) in [5.41, 5.74) is -0.309. The maximum absolute atomic E-state index is 12.1. The van der Waals surface area contributed by atoms with Crippen molar-refractivity contribution in [1.82, 2.24) is 20.4 Å². The number of rotatable bonds is 4. The zero-order valence-corrected chi connectivity index (χ0v) is 13.5. The van der Waals surface area contributed by atoms with Gasteiger partial charge in [0.1, 0.15) is 5.69 Å². The molecule has 0 bridgehead atoms. The molecule has 0 aliphatic carbocycles. The summed E-state index contributed by atoms with van der Waals surface area (Å²) in [6, 6.07) is 2.71. The summed E-state index contributed by atoms with van der Waals surface area (Å²) >= 11 is 0. The summed E-state index contributed by atoms with van der Waals surface area (Å²) in [5, 5.41) is 8.87. The molecule has 122 valence electrons. The third-order valence-corrected chi connectivity index (χ3v) is 3.87. The lowest BCUT2D eigenvalue weighted by Crippen LogP contribution is -2.58. The largest absolute Gasteiger partial charge is 0.373 e. The van der Waals surface area contributed by atoms with Gasteiger partial charge < -0.3 is 10.1 Å².